The highest BCUT2D eigenvalue weighted by molar-refractivity contribution is 5.79. The molecule has 3 heterocycles. The zero-order valence-corrected chi connectivity index (χ0v) is 14.7. The molecule has 26 heavy (non-hydrogen) atoms. The number of rotatable bonds is 4. The Morgan fingerprint density at radius 1 is 1.12 bits per heavy atom. The Balaban J connectivity index is 1.47. The lowest BCUT2D eigenvalue weighted by Crippen LogP contribution is -2.40. The third kappa shape index (κ3) is 3.67. The normalized spacial score (nSPS) is 17.2. The van der Waals surface area contributed by atoms with Gasteiger partial charge >= 0.3 is 0 Å². The van der Waals surface area contributed by atoms with Crippen LogP contribution in [0.5, 0.6) is 0 Å². The molecule has 1 fully saturated rings. The number of hydrogen-bond acceptors (Lipinski definition) is 3. The topological polar surface area (TPSA) is 51.0 Å². The van der Waals surface area contributed by atoms with Gasteiger partial charge in [0.2, 0.25) is 5.91 Å². The molecule has 3 aromatic rings. The molecule has 1 saturated heterocycles. The summed E-state index contributed by atoms with van der Waals surface area (Å²) in [7, 11) is 0. The average molecular weight is 346 g/mol. The van der Waals surface area contributed by atoms with Gasteiger partial charge in [0.15, 0.2) is 0 Å². The molecule has 1 aromatic carbocycles. The third-order valence-corrected chi connectivity index (χ3v) is 4.92. The van der Waals surface area contributed by atoms with Crippen molar-refractivity contribution < 1.29 is 4.79 Å². The van der Waals surface area contributed by atoms with Gasteiger partial charge in [-0.2, -0.15) is 0 Å². The highest BCUT2D eigenvalue weighted by Crippen LogP contribution is 2.26. The van der Waals surface area contributed by atoms with Crippen LogP contribution < -0.4 is 0 Å². The second-order valence-electron chi connectivity index (χ2n) is 6.73. The van der Waals surface area contributed by atoms with Gasteiger partial charge in [-0.1, -0.05) is 36.4 Å². The molecular formula is C21H22N4O. The summed E-state index contributed by atoms with van der Waals surface area (Å²) < 4.78 is 1.91. The van der Waals surface area contributed by atoms with E-state index >= 15 is 0 Å². The lowest BCUT2D eigenvalue weighted by Gasteiger charge is -2.32. The Hall–Kier alpha value is -2.95. The second kappa shape index (κ2) is 7.52. The number of carbonyl (C=O) groups is 1. The Kier molecular flexibility index (Phi) is 4.78. The summed E-state index contributed by atoms with van der Waals surface area (Å²) in [6.45, 7) is 1.58. The van der Waals surface area contributed by atoms with Gasteiger partial charge in [0.1, 0.15) is 12.1 Å². The van der Waals surface area contributed by atoms with E-state index in [-0.39, 0.29) is 11.8 Å². The number of benzene rings is 1. The molecule has 132 valence electrons. The number of aromatic nitrogens is 3. The maximum atomic E-state index is 12.7. The lowest BCUT2D eigenvalue weighted by molar-refractivity contribution is -0.131. The minimum absolute atomic E-state index is 0.201. The van der Waals surface area contributed by atoms with Gasteiger partial charge in [0.05, 0.1) is 6.42 Å². The van der Waals surface area contributed by atoms with Gasteiger partial charge < -0.3 is 4.90 Å². The van der Waals surface area contributed by atoms with Crippen LogP contribution in [0.1, 0.15) is 30.0 Å². The summed E-state index contributed by atoms with van der Waals surface area (Å²) >= 11 is 0. The summed E-state index contributed by atoms with van der Waals surface area (Å²) in [6.07, 6.45) is 7.94. The lowest BCUT2D eigenvalue weighted by atomic mass is 9.94. The second-order valence-corrected chi connectivity index (χ2v) is 6.73. The first-order valence-corrected chi connectivity index (χ1v) is 9.06. The molecule has 1 amide bonds. The van der Waals surface area contributed by atoms with Crippen molar-refractivity contribution in [1.82, 2.24) is 19.4 Å². The van der Waals surface area contributed by atoms with E-state index in [1.54, 1.807) is 12.5 Å². The van der Waals surface area contributed by atoms with Crippen LogP contribution in [0.15, 0.2) is 67.3 Å². The zero-order chi connectivity index (χ0) is 17.8. The van der Waals surface area contributed by atoms with E-state index in [1.807, 2.05) is 58.1 Å². The maximum Gasteiger partial charge on any atom is 0.227 e. The predicted octanol–water partition coefficient (Wildman–Crippen LogP) is 3.22. The molecule has 5 nitrogen and oxygen atoms in total. The van der Waals surface area contributed by atoms with Crippen LogP contribution in [0, 0.1) is 0 Å². The summed E-state index contributed by atoms with van der Waals surface area (Å²) in [4.78, 5) is 23.6. The molecule has 1 atom stereocenters. The van der Waals surface area contributed by atoms with Crippen molar-refractivity contribution in [2.75, 3.05) is 13.1 Å². The molecule has 2 aromatic heterocycles. The van der Waals surface area contributed by atoms with Crippen molar-refractivity contribution in [3.05, 3.63) is 78.5 Å². The highest BCUT2D eigenvalue weighted by atomic mass is 16.2. The molecule has 0 saturated carbocycles. The first-order chi connectivity index (χ1) is 12.8. The van der Waals surface area contributed by atoms with Crippen molar-refractivity contribution in [2.45, 2.75) is 25.2 Å². The molecule has 1 aliphatic heterocycles. The van der Waals surface area contributed by atoms with Crippen LogP contribution >= 0.6 is 0 Å². The quantitative estimate of drug-likeness (QED) is 0.729. The SMILES string of the molecule is O=C(Cc1ccccc1)N1CCCC(c2cccc(-n3ccnc3)n2)C1. The highest BCUT2D eigenvalue weighted by Gasteiger charge is 2.25. The first kappa shape index (κ1) is 16.5. The molecule has 1 aliphatic rings. The number of amides is 1. The Labute approximate surface area is 153 Å². The predicted molar refractivity (Wildman–Crippen MR) is 100 cm³/mol. The van der Waals surface area contributed by atoms with Gasteiger partial charge in [-0.15, -0.1) is 0 Å². The number of carbonyl (C=O) groups excluding carboxylic acids is 1. The van der Waals surface area contributed by atoms with Crippen molar-refractivity contribution in [3.63, 3.8) is 0 Å². The summed E-state index contributed by atoms with van der Waals surface area (Å²) in [5.41, 5.74) is 2.12. The Morgan fingerprint density at radius 2 is 2.00 bits per heavy atom. The maximum absolute atomic E-state index is 12.7. The smallest absolute Gasteiger partial charge is 0.227 e. The zero-order valence-electron chi connectivity index (χ0n) is 14.7. The number of likely N-dealkylation sites (tertiary alicyclic amines) is 1. The molecule has 5 heteroatoms. The van der Waals surface area contributed by atoms with Crippen molar-refractivity contribution in [1.29, 1.82) is 0 Å². The fraction of sp³-hybridized carbons (Fsp3) is 0.286. The molecule has 0 aliphatic carbocycles. The minimum atomic E-state index is 0.201. The summed E-state index contributed by atoms with van der Waals surface area (Å²) in [5, 5.41) is 0. The van der Waals surface area contributed by atoms with E-state index in [4.69, 9.17) is 4.98 Å². The van der Waals surface area contributed by atoms with Crippen LogP contribution in [0.25, 0.3) is 5.82 Å². The van der Waals surface area contributed by atoms with E-state index < -0.39 is 0 Å². The van der Waals surface area contributed by atoms with E-state index in [0.717, 1.165) is 43.0 Å². The van der Waals surface area contributed by atoms with Crippen LogP contribution in [-0.2, 0) is 11.2 Å². The molecule has 0 spiro atoms. The molecule has 0 bridgehead atoms. The fourth-order valence-corrected chi connectivity index (χ4v) is 3.53. The van der Waals surface area contributed by atoms with Crippen LogP contribution in [-0.4, -0.2) is 38.4 Å². The summed E-state index contributed by atoms with van der Waals surface area (Å²) in [6, 6.07) is 16.0. The number of piperidine rings is 1. The van der Waals surface area contributed by atoms with Crippen LogP contribution in [0.3, 0.4) is 0 Å². The largest absolute Gasteiger partial charge is 0.342 e. The Bertz CT molecular complexity index is 861. The molecular weight excluding hydrogens is 324 g/mol. The van der Waals surface area contributed by atoms with E-state index in [9.17, 15) is 4.79 Å². The monoisotopic (exact) mass is 346 g/mol. The van der Waals surface area contributed by atoms with Crippen LogP contribution in [0.4, 0.5) is 0 Å². The van der Waals surface area contributed by atoms with Crippen molar-refractivity contribution in [3.8, 4) is 5.82 Å². The third-order valence-electron chi connectivity index (χ3n) is 4.92. The Morgan fingerprint density at radius 3 is 2.81 bits per heavy atom. The standard InChI is InChI=1S/C21H22N4O/c26-21(14-17-6-2-1-3-7-17)24-12-5-8-18(15-24)19-9-4-10-20(23-19)25-13-11-22-16-25/h1-4,6-7,9-11,13,16,18H,5,8,12,14-15H2. The fourth-order valence-electron chi connectivity index (χ4n) is 3.53. The van der Waals surface area contributed by atoms with Gasteiger partial charge in [-0.3, -0.25) is 9.36 Å². The van der Waals surface area contributed by atoms with E-state index in [0.29, 0.717) is 6.42 Å². The van der Waals surface area contributed by atoms with Gasteiger partial charge in [0.25, 0.3) is 0 Å². The van der Waals surface area contributed by atoms with E-state index in [2.05, 4.69) is 11.1 Å². The summed E-state index contributed by atoms with van der Waals surface area (Å²) in [5.74, 6) is 1.35. The average Bonchev–Trinajstić information content (AvgIpc) is 3.24. The van der Waals surface area contributed by atoms with Gasteiger partial charge in [-0.25, -0.2) is 9.97 Å². The molecule has 0 radical (unpaired) electrons. The first-order valence-electron chi connectivity index (χ1n) is 9.06. The van der Waals surface area contributed by atoms with Gasteiger partial charge in [0, 0.05) is 37.1 Å². The number of imidazole rings is 1. The number of hydrogen-bond donors (Lipinski definition) is 0. The molecule has 0 N–H and O–H groups in total. The van der Waals surface area contributed by atoms with E-state index in [1.165, 1.54) is 0 Å². The van der Waals surface area contributed by atoms with Gasteiger partial charge in [-0.05, 0) is 30.5 Å². The van der Waals surface area contributed by atoms with Crippen molar-refractivity contribution >= 4 is 5.91 Å². The minimum Gasteiger partial charge on any atom is -0.342 e. The van der Waals surface area contributed by atoms with Crippen LogP contribution in [0.2, 0.25) is 0 Å². The number of nitrogens with zero attached hydrogens (tertiary/aromatic N) is 4. The number of pyridine rings is 1. The van der Waals surface area contributed by atoms with Crippen molar-refractivity contribution in [2.24, 2.45) is 0 Å². The molecule has 4 rings (SSSR count). The molecule has 1 unspecified atom stereocenters.